The van der Waals surface area contributed by atoms with E-state index in [-0.39, 0.29) is 11.7 Å². The van der Waals surface area contributed by atoms with Crippen molar-refractivity contribution < 1.29 is 22.6 Å². The maximum Gasteiger partial charge on any atom is 0.276 e. The van der Waals surface area contributed by atoms with Crippen molar-refractivity contribution in [2.24, 2.45) is 5.10 Å². The summed E-state index contributed by atoms with van der Waals surface area (Å²) in [6, 6.07) is 9.15. The standard InChI is InChI=1S/C15H13ClN2O5S/c1-21-11-2-4-12(5-3-11)24(19,20)18-17-8-10-6-14-15(7-13(10)16)23-9-22-14/h2-8,18H,9H2,1H3/b17-8+. The zero-order valence-corrected chi connectivity index (χ0v) is 14.1. The molecule has 1 heterocycles. The normalized spacial score (nSPS) is 13.2. The van der Waals surface area contributed by atoms with Crippen LogP contribution in [0.2, 0.25) is 5.02 Å². The SMILES string of the molecule is COc1ccc(S(=O)(=O)N/N=C/c2cc3c(cc2Cl)OCO3)cc1. The van der Waals surface area contributed by atoms with Crippen LogP contribution in [0.5, 0.6) is 17.2 Å². The van der Waals surface area contributed by atoms with Gasteiger partial charge in [0.25, 0.3) is 10.0 Å². The minimum Gasteiger partial charge on any atom is -0.497 e. The van der Waals surface area contributed by atoms with Crippen LogP contribution in [0.1, 0.15) is 5.56 Å². The Morgan fingerprint density at radius 1 is 1.21 bits per heavy atom. The van der Waals surface area contributed by atoms with Gasteiger partial charge < -0.3 is 14.2 Å². The van der Waals surface area contributed by atoms with Crippen LogP contribution in [-0.2, 0) is 10.0 Å². The molecule has 0 radical (unpaired) electrons. The Balaban J connectivity index is 1.75. The molecule has 0 saturated carbocycles. The molecule has 126 valence electrons. The van der Waals surface area contributed by atoms with E-state index in [1.165, 1.54) is 25.5 Å². The predicted octanol–water partition coefficient (Wildman–Crippen LogP) is 2.39. The van der Waals surface area contributed by atoms with Crippen LogP contribution >= 0.6 is 11.6 Å². The van der Waals surface area contributed by atoms with Crippen molar-refractivity contribution in [1.29, 1.82) is 0 Å². The fourth-order valence-electron chi connectivity index (χ4n) is 2.00. The molecule has 7 nitrogen and oxygen atoms in total. The highest BCUT2D eigenvalue weighted by atomic mass is 35.5. The Labute approximate surface area is 143 Å². The van der Waals surface area contributed by atoms with Crippen LogP contribution in [0, 0.1) is 0 Å². The van der Waals surface area contributed by atoms with E-state index in [4.69, 9.17) is 25.8 Å². The Hall–Kier alpha value is -2.45. The molecule has 24 heavy (non-hydrogen) atoms. The molecule has 1 aliphatic heterocycles. The number of nitrogens with zero attached hydrogens (tertiary/aromatic N) is 1. The van der Waals surface area contributed by atoms with E-state index >= 15 is 0 Å². The van der Waals surface area contributed by atoms with Gasteiger partial charge in [-0.05, 0) is 30.3 Å². The molecule has 0 spiro atoms. The maximum atomic E-state index is 12.2. The van der Waals surface area contributed by atoms with Gasteiger partial charge in [0.15, 0.2) is 11.5 Å². The van der Waals surface area contributed by atoms with Crippen molar-refractivity contribution in [2.45, 2.75) is 4.90 Å². The van der Waals surface area contributed by atoms with Gasteiger partial charge in [-0.25, -0.2) is 4.83 Å². The number of benzene rings is 2. The van der Waals surface area contributed by atoms with E-state index in [1.54, 1.807) is 24.3 Å². The third-order valence-corrected chi connectivity index (χ3v) is 4.80. The van der Waals surface area contributed by atoms with Crippen LogP contribution in [0.15, 0.2) is 46.4 Å². The topological polar surface area (TPSA) is 86.2 Å². The number of halogens is 1. The summed E-state index contributed by atoms with van der Waals surface area (Å²) in [7, 11) is -2.28. The predicted molar refractivity (Wildman–Crippen MR) is 88.5 cm³/mol. The van der Waals surface area contributed by atoms with Crippen molar-refractivity contribution in [3.8, 4) is 17.2 Å². The number of methoxy groups -OCH3 is 1. The average molecular weight is 369 g/mol. The molecule has 0 amide bonds. The lowest BCUT2D eigenvalue weighted by Gasteiger charge is -2.05. The molecule has 2 aromatic rings. The molecule has 0 bridgehead atoms. The average Bonchev–Trinajstić information content (AvgIpc) is 3.02. The Bertz CT molecular complexity index is 881. The summed E-state index contributed by atoms with van der Waals surface area (Å²) < 4.78 is 39.7. The second-order valence-electron chi connectivity index (χ2n) is 4.76. The number of hydrogen-bond acceptors (Lipinski definition) is 6. The number of hydrazone groups is 1. The molecule has 1 N–H and O–H groups in total. The summed E-state index contributed by atoms with van der Waals surface area (Å²) in [5.74, 6) is 1.62. The van der Waals surface area contributed by atoms with Crippen molar-refractivity contribution in [3.05, 3.63) is 47.0 Å². The third-order valence-electron chi connectivity index (χ3n) is 3.24. The van der Waals surface area contributed by atoms with E-state index in [1.807, 2.05) is 0 Å². The molecule has 0 saturated heterocycles. The second kappa shape index (κ2) is 6.58. The fourth-order valence-corrected chi connectivity index (χ4v) is 3.00. The molecule has 0 atom stereocenters. The Morgan fingerprint density at radius 2 is 1.88 bits per heavy atom. The molecule has 0 aliphatic carbocycles. The fraction of sp³-hybridized carbons (Fsp3) is 0.133. The van der Waals surface area contributed by atoms with Crippen LogP contribution in [0.4, 0.5) is 0 Å². The summed E-state index contributed by atoms with van der Waals surface area (Å²) in [4.78, 5) is 2.19. The van der Waals surface area contributed by atoms with Gasteiger partial charge in [0.05, 0.1) is 23.2 Å². The van der Waals surface area contributed by atoms with Gasteiger partial charge in [-0.3, -0.25) is 0 Å². The van der Waals surface area contributed by atoms with Crippen LogP contribution in [0.25, 0.3) is 0 Å². The highest BCUT2D eigenvalue weighted by molar-refractivity contribution is 7.89. The maximum absolute atomic E-state index is 12.2. The largest absolute Gasteiger partial charge is 0.497 e. The zero-order valence-electron chi connectivity index (χ0n) is 12.5. The first kappa shape index (κ1) is 16.4. The molecule has 0 unspecified atom stereocenters. The van der Waals surface area contributed by atoms with Crippen molar-refractivity contribution >= 4 is 27.8 Å². The summed E-state index contributed by atoms with van der Waals surface area (Å²) in [5.41, 5.74) is 0.498. The van der Waals surface area contributed by atoms with Gasteiger partial charge in [0.1, 0.15) is 5.75 Å². The molecular weight excluding hydrogens is 356 g/mol. The summed E-state index contributed by atoms with van der Waals surface area (Å²) in [6.45, 7) is 0.121. The highest BCUT2D eigenvalue weighted by Gasteiger charge is 2.16. The minimum atomic E-state index is -3.78. The molecule has 2 aromatic carbocycles. The number of hydrogen-bond donors (Lipinski definition) is 1. The number of rotatable bonds is 5. The molecule has 1 aliphatic rings. The number of sulfonamides is 1. The first-order valence-electron chi connectivity index (χ1n) is 6.78. The Kier molecular flexibility index (Phi) is 4.50. The minimum absolute atomic E-state index is 0.0669. The van der Waals surface area contributed by atoms with E-state index in [9.17, 15) is 8.42 Å². The van der Waals surface area contributed by atoms with Gasteiger partial charge >= 0.3 is 0 Å². The lowest BCUT2D eigenvalue weighted by molar-refractivity contribution is 0.174. The smallest absolute Gasteiger partial charge is 0.276 e. The third kappa shape index (κ3) is 3.39. The van der Waals surface area contributed by atoms with Crippen LogP contribution in [0.3, 0.4) is 0 Å². The first-order valence-corrected chi connectivity index (χ1v) is 8.64. The summed E-state index contributed by atoms with van der Waals surface area (Å²) >= 11 is 6.09. The Morgan fingerprint density at radius 3 is 2.54 bits per heavy atom. The van der Waals surface area contributed by atoms with Crippen LogP contribution < -0.4 is 19.0 Å². The monoisotopic (exact) mass is 368 g/mol. The molecule has 9 heteroatoms. The molecular formula is C15H13ClN2O5S. The van der Waals surface area contributed by atoms with Crippen LogP contribution in [-0.4, -0.2) is 28.5 Å². The van der Waals surface area contributed by atoms with Gasteiger partial charge in [-0.1, -0.05) is 11.6 Å². The quantitative estimate of drug-likeness (QED) is 0.647. The van der Waals surface area contributed by atoms with Gasteiger partial charge in [-0.15, -0.1) is 0 Å². The number of fused-ring (bicyclic) bond motifs is 1. The van der Waals surface area contributed by atoms with E-state index in [2.05, 4.69) is 9.93 Å². The van der Waals surface area contributed by atoms with Gasteiger partial charge in [0.2, 0.25) is 6.79 Å². The molecule has 0 fully saturated rings. The van der Waals surface area contributed by atoms with Crippen molar-refractivity contribution in [3.63, 3.8) is 0 Å². The summed E-state index contributed by atoms with van der Waals surface area (Å²) in [5, 5.41) is 4.11. The first-order chi connectivity index (χ1) is 11.5. The van der Waals surface area contributed by atoms with Gasteiger partial charge in [0, 0.05) is 11.6 Å². The number of nitrogens with one attached hydrogen (secondary N) is 1. The number of ether oxygens (including phenoxy) is 3. The van der Waals surface area contributed by atoms with E-state index in [0.29, 0.717) is 27.8 Å². The van der Waals surface area contributed by atoms with E-state index in [0.717, 1.165) is 0 Å². The van der Waals surface area contributed by atoms with Crippen molar-refractivity contribution in [2.75, 3.05) is 13.9 Å². The summed E-state index contributed by atoms with van der Waals surface area (Å²) in [6.07, 6.45) is 1.30. The van der Waals surface area contributed by atoms with Crippen molar-refractivity contribution in [1.82, 2.24) is 4.83 Å². The lowest BCUT2D eigenvalue weighted by Crippen LogP contribution is -2.18. The van der Waals surface area contributed by atoms with Gasteiger partial charge in [-0.2, -0.15) is 13.5 Å². The lowest BCUT2D eigenvalue weighted by atomic mass is 10.2. The molecule has 3 rings (SSSR count). The van der Waals surface area contributed by atoms with E-state index < -0.39 is 10.0 Å². The molecule has 0 aromatic heterocycles. The second-order valence-corrected chi connectivity index (χ2v) is 6.82. The highest BCUT2D eigenvalue weighted by Crippen LogP contribution is 2.36. The zero-order chi connectivity index (χ0) is 17.2.